The Morgan fingerprint density at radius 3 is 2.17 bits per heavy atom. The van der Waals surface area contributed by atoms with Crippen molar-refractivity contribution in [3.63, 3.8) is 0 Å². The Morgan fingerprint density at radius 2 is 1.57 bits per heavy atom. The third-order valence-corrected chi connectivity index (χ3v) is 3.65. The summed E-state index contributed by atoms with van der Waals surface area (Å²) in [6, 6.07) is 11.0. The van der Waals surface area contributed by atoms with Crippen LogP contribution in [0.2, 0.25) is 10.0 Å². The fourth-order valence-electron chi connectivity index (χ4n) is 1.78. The number of nitrogens with one attached hydrogen (secondary N) is 2. The van der Waals surface area contributed by atoms with E-state index >= 15 is 0 Å². The standard InChI is InChI=1S/C16H13Cl2N3O2/c17-13-3-1-2-10(15(13)18)4-9-14(22)20-11-5-7-12(8-6-11)21-16(19)23/h1-9H,(H,20,22)(H3,19,21,23)/b9-4+. The van der Waals surface area contributed by atoms with Crippen molar-refractivity contribution in [2.24, 2.45) is 5.73 Å². The van der Waals surface area contributed by atoms with Crippen LogP contribution in [0, 0.1) is 0 Å². The number of hydrogen-bond acceptors (Lipinski definition) is 2. The van der Waals surface area contributed by atoms with Crippen molar-refractivity contribution < 1.29 is 9.59 Å². The number of nitrogens with two attached hydrogens (primary N) is 1. The summed E-state index contributed by atoms with van der Waals surface area (Å²) in [5, 5.41) is 5.92. The van der Waals surface area contributed by atoms with Crippen molar-refractivity contribution >= 4 is 52.6 Å². The molecule has 0 saturated heterocycles. The van der Waals surface area contributed by atoms with E-state index in [4.69, 9.17) is 28.9 Å². The SMILES string of the molecule is NC(=O)Nc1ccc(NC(=O)/C=C/c2cccc(Cl)c2Cl)cc1. The molecule has 118 valence electrons. The molecule has 0 aliphatic rings. The lowest BCUT2D eigenvalue weighted by Crippen LogP contribution is -2.19. The third kappa shape index (κ3) is 5.02. The Bertz CT molecular complexity index is 758. The number of carbonyl (C=O) groups is 2. The molecule has 0 heterocycles. The van der Waals surface area contributed by atoms with E-state index in [0.717, 1.165) is 0 Å². The first-order valence-corrected chi connectivity index (χ1v) is 7.31. The van der Waals surface area contributed by atoms with Crippen LogP contribution in [-0.4, -0.2) is 11.9 Å². The van der Waals surface area contributed by atoms with Crippen LogP contribution in [0.1, 0.15) is 5.56 Å². The van der Waals surface area contributed by atoms with Crippen LogP contribution in [0.25, 0.3) is 6.08 Å². The molecule has 0 aliphatic heterocycles. The van der Waals surface area contributed by atoms with Crippen molar-refractivity contribution in [1.29, 1.82) is 0 Å². The maximum atomic E-state index is 11.9. The van der Waals surface area contributed by atoms with E-state index in [1.807, 2.05) is 0 Å². The zero-order valence-corrected chi connectivity index (χ0v) is 13.4. The molecule has 7 heteroatoms. The van der Waals surface area contributed by atoms with Gasteiger partial charge in [-0.15, -0.1) is 0 Å². The number of benzene rings is 2. The van der Waals surface area contributed by atoms with Crippen molar-refractivity contribution in [1.82, 2.24) is 0 Å². The topological polar surface area (TPSA) is 84.2 Å². The second-order valence-electron chi connectivity index (χ2n) is 4.53. The normalized spacial score (nSPS) is 10.5. The minimum Gasteiger partial charge on any atom is -0.351 e. The largest absolute Gasteiger partial charge is 0.351 e. The molecule has 0 radical (unpaired) electrons. The Balaban J connectivity index is 2.00. The molecule has 0 aliphatic carbocycles. The van der Waals surface area contributed by atoms with Crippen molar-refractivity contribution in [2.45, 2.75) is 0 Å². The number of carbonyl (C=O) groups excluding carboxylic acids is 2. The van der Waals surface area contributed by atoms with Crippen LogP contribution >= 0.6 is 23.2 Å². The molecule has 4 N–H and O–H groups in total. The molecule has 0 fully saturated rings. The number of halogens is 2. The average molecular weight is 350 g/mol. The highest BCUT2D eigenvalue weighted by atomic mass is 35.5. The van der Waals surface area contributed by atoms with Gasteiger partial charge in [0.2, 0.25) is 5.91 Å². The van der Waals surface area contributed by atoms with Gasteiger partial charge in [0.25, 0.3) is 0 Å². The summed E-state index contributed by atoms with van der Waals surface area (Å²) in [4.78, 5) is 22.6. The van der Waals surface area contributed by atoms with Gasteiger partial charge in [-0.05, 0) is 42.0 Å². The molecule has 0 spiro atoms. The monoisotopic (exact) mass is 349 g/mol. The van der Waals surface area contributed by atoms with Gasteiger partial charge < -0.3 is 16.4 Å². The molecular weight excluding hydrogens is 337 g/mol. The van der Waals surface area contributed by atoms with E-state index in [0.29, 0.717) is 27.0 Å². The zero-order chi connectivity index (χ0) is 16.8. The number of amides is 3. The van der Waals surface area contributed by atoms with Crippen LogP contribution in [0.5, 0.6) is 0 Å². The number of rotatable bonds is 4. The predicted octanol–water partition coefficient (Wildman–Crippen LogP) is 4.14. The molecule has 0 aromatic heterocycles. The van der Waals surface area contributed by atoms with Crippen LogP contribution in [-0.2, 0) is 4.79 Å². The highest BCUT2D eigenvalue weighted by Crippen LogP contribution is 2.26. The van der Waals surface area contributed by atoms with Crippen LogP contribution in [0.3, 0.4) is 0 Å². The summed E-state index contributed by atoms with van der Waals surface area (Å²) in [5.74, 6) is -0.323. The number of urea groups is 1. The molecule has 0 saturated carbocycles. The summed E-state index contributed by atoms with van der Waals surface area (Å²) < 4.78 is 0. The molecule has 2 aromatic rings. The average Bonchev–Trinajstić information content (AvgIpc) is 2.50. The predicted molar refractivity (Wildman–Crippen MR) is 93.8 cm³/mol. The molecule has 5 nitrogen and oxygen atoms in total. The van der Waals surface area contributed by atoms with Gasteiger partial charge in [-0.3, -0.25) is 4.79 Å². The Morgan fingerprint density at radius 1 is 0.957 bits per heavy atom. The molecule has 0 bridgehead atoms. The highest BCUT2D eigenvalue weighted by molar-refractivity contribution is 6.42. The molecule has 3 amide bonds. The minimum atomic E-state index is -0.650. The van der Waals surface area contributed by atoms with E-state index in [1.165, 1.54) is 6.08 Å². The van der Waals surface area contributed by atoms with E-state index in [2.05, 4.69) is 10.6 Å². The summed E-state index contributed by atoms with van der Waals surface area (Å²) in [7, 11) is 0. The lowest BCUT2D eigenvalue weighted by Gasteiger charge is -2.05. The summed E-state index contributed by atoms with van der Waals surface area (Å²) in [5.41, 5.74) is 6.77. The van der Waals surface area contributed by atoms with Gasteiger partial charge in [-0.25, -0.2) is 4.79 Å². The van der Waals surface area contributed by atoms with Gasteiger partial charge in [0, 0.05) is 17.5 Å². The molecule has 23 heavy (non-hydrogen) atoms. The van der Waals surface area contributed by atoms with Gasteiger partial charge in [0.05, 0.1) is 10.0 Å². The second kappa shape index (κ2) is 7.67. The van der Waals surface area contributed by atoms with E-state index < -0.39 is 6.03 Å². The van der Waals surface area contributed by atoms with Crippen molar-refractivity contribution in [3.05, 3.63) is 64.1 Å². The van der Waals surface area contributed by atoms with Gasteiger partial charge in [-0.1, -0.05) is 35.3 Å². The van der Waals surface area contributed by atoms with Crippen LogP contribution in [0.4, 0.5) is 16.2 Å². The lowest BCUT2D eigenvalue weighted by molar-refractivity contribution is -0.111. The Hall–Kier alpha value is -2.50. The van der Waals surface area contributed by atoms with E-state index in [9.17, 15) is 9.59 Å². The molecule has 0 atom stereocenters. The zero-order valence-electron chi connectivity index (χ0n) is 11.8. The summed E-state index contributed by atoms with van der Waals surface area (Å²) >= 11 is 11.9. The maximum Gasteiger partial charge on any atom is 0.316 e. The maximum absolute atomic E-state index is 11.9. The number of anilines is 2. The molecule has 0 unspecified atom stereocenters. The molecule has 2 rings (SSSR count). The van der Waals surface area contributed by atoms with Crippen LogP contribution < -0.4 is 16.4 Å². The second-order valence-corrected chi connectivity index (χ2v) is 5.32. The van der Waals surface area contributed by atoms with Gasteiger partial charge in [0.1, 0.15) is 0 Å². The van der Waals surface area contributed by atoms with Crippen molar-refractivity contribution in [3.8, 4) is 0 Å². The molecule has 2 aromatic carbocycles. The summed E-state index contributed by atoms with van der Waals surface area (Å²) in [6.45, 7) is 0. The molecular formula is C16H13Cl2N3O2. The van der Waals surface area contributed by atoms with Gasteiger partial charge in [-0.2, -0.15) is 0 Å². The lowest BCUT2D eigenvalue weighted by atomic mass is 10.2. The van der Waals surface area contributed by atoms with E-state index in [1.54, 1.807) is 48.5 Å². The van der Waals surface area contributed by atoms with E-state index in [-0.39, 0.29) is 5.91 Å². The smallest absolute Gasteiger partial charge is 0.316 e. The highest BCUT2D eigenvalue weighted by Gasteiger charge is 2.03. The third-order valence-electron chi connectivity index (χ3n) is 2.82. The first-order chi connectivity index (χ1) is 11.0. The first kappa shape index (κ1) is 16.9. The Labute approximate surface area is 143 Å². The fraction of sp³-hybridized carbons (Fsp3) is 0. The fourth-order valence-corrected chi connectivity index (χ4v) is 2.15. The Kier molecular flexibility index (Phi) is 5.62. The van der Waals surface area contributed by atoms with Gasteiger partial charge in [0.15, 0.2) is 0 Å². The minimum absolute atomic E-state index is 0.323. The number of hydrogen-bond donors (Lipinski definition) is 3. The number of primary amides is 1. The van der Waals surface area contributed by atoms with Crippen LogP contribution in [0.15, 0.2) is 48.5 Å². The first-order valence-electron chi connectivity index (χ1n) is 6.55. The summed E-state index contributed by atoms with van der Waals surface area (Å²) in [6.07, 6.45) is 2.93. The quantitative estimate of drug-likeness (QED) is 0.724. The van der Waals surface area contributed by atoms with Gasteiger partial charge >= 0.3 is 6.03 Å². The van der Waals surface area contributed by atoms with Crippen molar-refractivity contribution in [2.75, 3.05) is 10.6 Å².